The van der Waals surface area contributed by atoms with Crippen LogP contribution in [0.1, 0.15) is 27.0 Å². The largest absolute Gasteiger partial charge is 0.416 e. The highest BCUT2D eigenvalue weighted by Gasteiger charge is 2.31. The van der Waals surface area contributed by atoms with Gasteiger partial charge in [0.2, 0.25) is 0 Å². The first-order valence-corrected chi connectivity index (χ1v) is 6.54. The fourth-order valence-corrected chi connectivity index (χ4v) is 2.45. The number of nitrogens with one attached hydrogen (secondary N) is 1. The van der Waals surface area contributed by atoms with Crippen LogP contribution in [0.25, 0.3) is 0 Å². The lowest BCUT2D eigenvalue weighted by atomic mass is 9.99. The van der Waals surface area contributed by atoms with E-state index in [0.29, 0.717) is 5.56 Å². The molecule has 0 bridgehead atoms. The number of fused-ring (bicyclic) bond motifs is 1. The van der Waals surface area contributed by atoms with Gasteiger partial charge in [0.1, 0.15) is 0 Å². The average molecular weight is 291 g/mol. The summed E-state index contributed by atoms with van der Waals surface area (Å²) in [6, 6.07) is 9.70. The summed E-state index contributed by atoms with van der Waals surface area (Å²) in [6.45, 7) is 0.816. The molecule has 0 fully saturated rings. The number of benzene rings is 2. The monoisotopic (exact) mass is 291 g/mol. The molecule has 2 aromatic rings. The van der Waals surface area contributed by atoms with Crippen molar-refractivity contribution >= 4 is 11.5 Å². The molecule has 0 atom stereocenters. The molecule has 1 aliphatic rings. The van der Waals surface area contributed by atoms with Crippen LogP contribution in [0.15, 0.2) is 42.5 Å². The van der Waals surface area contributed by atoms with E-state index in [9.17, 15) is 18.0 Å². The fourth-order valence-electron chi connectivity index (χ4n) is 2.45. The Balaban J connectivity index is 1.95. The SMILES string of the molecule is O=C(c1cccc(C(F)(F)F)c1)c1ccc2c(c1)CCN2. The maximum atomic E-state index is 12.7. The fraction of sp³-hybridized carbons (Fsp3) is 0.188. The van der Waals surface area contributed by atoms with Gasteiger partial charge in [-0.15, -0.1) is 0 Å². The maximum absolute atomic E-state index is 12.7. The van der Waals surface area contributed by atoms with Crippen molar-refractivity contribution in [1.29, 1.82) is 0 Å². The summed E-state index contributed by atoms with van der Waals surface area (Å²) in [6.07, 6.45) is -3.63. The molecule has 0 aliphatic carbocycles. The number of alkyl halides is 3. The standard InChI is InChI=1S/C16H12F3NO/c17-16(18,19)13-3-1-2-11(9-13)15(21)12-4-5-14-10(8-12)6-7-20-14/h1-5,8-9,20H,6-7H2. The van der Waals surface area contributed by atoms with E-state index in [0.717, 1.165) is 36.3 Å². The molecule has 0 aromatic heterocycles. The van der Waals surface area contributed by atoms with Crippen molar-refractivity contribution in [2.75, 3.05) is 11.9 Å². The van der Waals surface area contributed by atoms with Gasteiger partial charge in [-0.2, -0.15) is 13.2 Å². The predicted molar refractivity (Wildman–Crippen MR) is 73.5 cm³/mol. The van der Waals surface area contributed by atoms with Gasteiger partial charge in [-0.05, 0) is 42.3 Å². The third-order valence-corrected chi connectivity index (χ3v) is 3.53. The highest BCUT2D eigenvalue weighted by molar-refractivity contribution is 6.09. The number of hydrogen-bond acceptors (Lipinski definition) is 2. The molecular weight excluding hydrogens is 279 g/mol. The summed E-state index contributed by atoms with van der Waals surface area (Å²) < 4.78 is 38.1. The molecule has 2 aromatic carbocycles. The number of anilines is 1. The van der Waals surface area contributed by atoms with Crippen molar-refractivity contribution in [3.63, 3.8) is 0 Å². The molecule has 3 rings (SSSR count). The molecular formula is C16H12F3NO. The molecule has 0 radical (unpaired) electrons. The number of carbonyl (C=O) groups excluding carboxylic acids is 1. The first kappa shape index (κ1) is 13.7. The summed E-state index contributed by atoms with van der Waals surface area (Å²) in [4.78, 5) is 12.3. The second kappa shape index (κ2) is 4.91. The lowest BCUT2D eigenvalue weighted by molar-refractivity contribution is -0.137. The van der Waals surface area contributed by atoms with Crippen molar-refractivity contribution in [3.8, 4) is 0 Å². The molecule has 21 heavy (non-hydrogen) atoms. The predicted octanol–water partition coefficient (Wildman–Crippen LogP) is 3.90. The lowest BCUT2D eigenvalue weighted by Crippen LogP contribution is -2.08. The van der Waals surface area contributed by atoms with Crippen LogP contribution in [0.3, 0.4) is 0 Å². The molecule has 0 unspecified atom stereocenters. The van der Waals surface area contributed by atoms with E-state index in [1.807, 2.05) is 0 Å². The Morgan fingerprint density at radius 2 is 1.81 bits per heavy atom. The topological polar surface area (TPSA) is 29.1 Å². The second-order valence-corrected chi connectivity index (χ2v) is 4.96. The first-order valence-electron chi connectivity index (χ1n) is 6.54. The molecule has 0 saturated heterocycles. The first-order chi connectivity index (χ1) is 9.95. The summed E-state index contributed by atoms with van der Waals surface area (Å²) >= 11 is 0. The zero-order valence-electron chi connectivity index (χ0n) is 11.0. The van der Waals surface area contributed by atoms with E-state index in [1.165, 1.54) is 12.1 Å². The van der Waals surface area contributed by atoms with Gasteiger partial charge in [-0.25, -0.2) is 0 Å². The molecule has 1 N–H and O–H groups in total. The maximum Gasteiger partial charge on any atom is 0.416 e. The van der Waals surface area contributed by atoms with Gasteiger partial charge < -0.3 is 5.32 Å². The molecule has 5 heteroatoms. The summed E-state index contributed by atoms with van der Waals surface area (Å²) in [5.41, 5.74) is 1.66. The van der Waals surface area contributed by atoms with Crippen LogP contribution in [-0.2, 0) is 12.6 Å². The van der Waals surface area contributed by atoms with E-state index >= 15 is 0 Å². The van der Waals surface area contributed by atoms with Crippen molar-refractivity contribution in [1.82, 2.24) is 0 Å². The Morgan fingerprint density at radius 3 is 2.57 bits per heavy atom. The number of ketones is 1. The normalized spacial score (nSPS) is 13.7. The summed E-state index contributed by atoms with van der Waals surface area (Å²) in [7, 11) is 0. The zero-order valence-corrected chi connectivity index (χ0v) is 11.0. The van der Waals surface area contributed by atoms with E-state index in [-0.39, 0.29) is 5.56 Å². The second-order valence-electron chi connectivity index (χ2n) is 4.96. The van der Waals surface area contributed by atoms with Gasteiger partial charge in [-0.3, -0.25) is 4.79 Å². The minimum Gasteiger partial charge on any atom is -0.384 e. The molecule has 0 amide bonds. The number of carbonyl (C=O) groups is 1. The van der Waals surface area contributed by atoms with Gasteiger partial charge in [0.15, 0.2) is 5.78 Å². The highest BCUT2D eigenvalue weighted by Crippen LogP contribution is 2.30. The van der Waals surface area contributed by atoms with Gasteiger partial charge in [0.25, 0.3) is 0 Å². The Kier molecular flexibility index (Phi) is 3.20. The Labute approximate surface area is 119 Å². The van der Waals surface area contributed by atoms with Crippen LogP contribution in [0, 0.1) is 0 Å². The quantitative estimate of drug-likeness (QED) is 0.850. The number of rotatable bonds is 2. The van der Waals surface area contributed by atoms with E-state index in [1.54, 1.807) is 18.2 Å². The van der Waals surface area contributed by atoms with E-state index in [4.69, 9.17) is 0 Å². The minimum absolute atomic E-state index is 0.0516. The smallest absolute Gasteiger partial charge is 0.384 e. The van der Waals surface area contributed by atoms with Crippen LogP contribution in [0.5, 0.6) is 0 Å². The van der Waals surface area contributed by atoms with Crippen molar-refractivity contribution in [3.05, 3.63) is 64.7 Å². The zero-order chi connectivity index (χ0) is 15.0. The third kappa shape index (κ3) is 2.63. The van der Waals surface area contributed by atoms with E-state index in [2.05, 4.69) is 5.32 Å². The van der Waals surface area contributed by atoms with Gasteiger partial charge in [0.05, 0.1) is 5.56 Å². The Bertz CT molecular complexity index is 707. The number of hydrogen-bond donors (Lipinski definition) is 1. The molecule has 0 spiro atoms. The summed E-state index contributed by atoms with van der Waals surface area (Å²) in [5, 5.41) is 3.17. The van der Waals surface area contributed by atoms with Crippen LogP contribution in [0.2, 0.25) is 0 Å². The molecule has 1 heterocycles. The van der Waals surface area contributed by atoms with Crippen molar-refractivity contribution < 1.29 is 18.0 Å². The molecule has 1 aliphatic heterocycles. The highest BCUT2D eigenvalue weighted by atomic mass is 19.4. The van der Waals surface area contributed by atoms with E-state index < -0.39 is 17.5 Å². The third-order valence-electron chi connectivity index (χ3n) is 3.53. The lowest BCUT2D eigenvalue weighted by Gasteiger charge is -2.09. The number of halogens is 3. The summed E-state index contributed by atoms with van der Waals surface area (Å²) in [5.74, 6) is -0.393. The van der Waals surface area contributed by atoms with Gasteiger partial charge in [0, 0.05) is 23.4 Å². The molecule has 2 nitrogen and oxygen atoms in total. The van der Waals surface area contributed by atoms with Crippen molar-refractivity contribution in [2.24, 2.45) is 0 Å². The Hall–Kier alpha value is -2.30. The van der Waals surface area contributed by atoms with Crippen LogP contribution in [-0.4, -0.2) is 12.3 Å². The van der Waals surface area contributed by atoms with Crippen LogP contribution in [0.4, 0.5) is 18.9 Å². The van der Waals surface area contributed by atoms with Crippen LogP contribution >= 0.6 is 0 Å². The minimum atomic E-state index is -4.45. The average Bonchev–Trinajstić information content (AvgIpc) is 2.93. The van der Waals surface area contributed by atoms with Gasteiger partial charge >= 0.3 is 6.18 Å². The molecule has 108 valence electrons. The molecule has 0 saturated carbocycles. The van der Waals surface area contributed by atoms with Crippen molar-refractivity contribution in [2.45, 2.75) is 12.6 Å². The van der Waals surface area contributed by atoms with Gasteiger partial charge in [-0.1, -0.05) is 12.1 Å². The Morgan fingerprint density at radius 1 is 1.05 bits per heavy atom. The van der Waals surface area contributed by atoms with Crippen LogP contribution < -0.4 is 5.32 Å².